The molecule has 0 aliphatic carbocycles. The van der Waals surface area contributed by atoms with Gasteiger partial charge in [-0.3, -0.25) is 0 Å². The molecule has 2 aromatic rings. The Morgan fingerprint density at radius 3 is 2.62 bits per heavy atom. The summed E-state index contributed by atoms with van der Waals surface area (Å²) >= 11 is 3.35. The van der Waals surface area contributed by atoms with Crippen molar-refractivity contribution in [2.75, 3.05) is 29.9 Å². The van der Waals surface area contributed by atoms with Crippen molar-refractivity contribution in [3.05, 3.63) is 40.5 Å². The number of hydrogen-bond donors (Lipinski definition) is 2. The van der Waals surface area contributed by atoms with Gasteiger partial charge in [-0.1, -0.05) is 22.0 Å². The highest BCUT2D eigenvalue weighted by atomic mass is 79.9. The van der Waals surface area contributed by atoms with Crippen LogP contribution in [0.2, 0.25) is 0 Å². The van der Waals surface area contributed by atoms with Crippen LogP contribution in [0.1, 0.15) is 18.4 Å². The SMILES string of the molecule is NCC1CCN(c2nc(Nc3cccc(Br)c3)ncc2C(F)(F)F)CC1. The van der Waals surface area contributed by atoms with E-state index in [4.69, 9.17) is 5.73 Å². The van der Waals surface area contributed by atoms with E-state index in [0.717, 1.165) is 23.5 Å². The van der Waals surface area contributed by atoms with Crippen LogP contribution >= 0.6 is 15.9 Å². The Morgan fingerprint density at radius 1 is 1.27 bits per heavy atom. The number of benzene rings is 1. The number of alkyl halides is 3. The zero-order valence-electron chi connectivity index (χ0n) is 13.9. The van der Waals surface area contributed by atoms with E-state index < -0.39 is 11.7 Å². The molecule has 1 fully saturated rings. The number of nitrogens with one attached hydrogen (secondary N) is 1. The van der Waals surface area contributed by atoms with Gasteiger partial charge in [-0.25, -0.2) is 4.98 Å². The molecule has 9 heteroatoms. The van der Waals surface area contributed by atoms with Crippen LogP contribution in [0, 0.1) is 5.92 Å². The molecule has 3 N–H and O–H groups in total. The molecular formula is C17H19BrF3N5. The fourth-order valence-corrected chi connectivity index (χ4v) is 3.35. The van der Waals surface area contributed by atoms with Gasteiger partial charge < -0.3 is 16.0 Å². The number of piperidine rings is 1. The Bertz CT molecular complexity index is 760. The Kier molecular flexibility index (Phi) is 5.67. The van der Waals surface area contributed by atoms with E-state index in [9.17, 15) is 13.2 Å². The van der Waals surface area contributed by atoms with Crippen molar-refractivity contribution < 1.29 is 13.2 Å². The number of rotatable bonds is 4. The fourth-order valence-electron chi connectivity index (χ4n) is 2.95. The molecule has 1 saturated heterocycles. The van der Waals surface area contributed by atoms with E-state index in [0.29, 0.717) is 31.2 Å². The van der Waals surface area contributed by atoms with Gasteiger partial charge in [0.2, 0.25) is 5.95 Å². The van der Waals surface area contributed by atoms with E-state index in [1.807, 2.05) is 12.1 Å². The molecule has 0 atom stereocenters. The number of hydrogen-bond acceptors (Lipinski definition) is 5. The van der Waals surface area contributed by atoms with Crippen LogP contribution in [-0.2, 0) is 6.18 Å². The van der Waals surface area contributed by atoms with Crippen molar-refractivity contribution in [1.82, 2.24) is 9.97 Å². The Balaban J connectivity index is 1.89. The van der Waals surface area contributed by atoms with Crippen molar-refractivity contribution in [2.45, 2.75) is 19.0 Å². The molecule has 0 spiro atoms. The molecule has 1 aromatic heterocycles. The summed E-state index contributed by atoms with van der Waals surface area (Å²) in [6.45, 7) is 1.55. The third-order valence-corrected chi connectivity index (χ3v) is 4.90. The molecule has 1 aliphatic rings. The predicted molar refractivity (Wildman–Crippen MR) is 98.5 cm³/mol. The number of halogens is 4. The van der Waals surface area contributed by atoms with Crippen LogP contribution in [0.25, 0.3) is 0 Å². The van der Waals surface area contributed by atoms with Crippen LogP contribution < -0.4 is 16.0 Å². The van der Waals surface area contributed by atoms with Crippen LogP contribution in [-0.4, -0.2) is 29.6 Å². The van der Waals surface area contributed by atoms with Gasteiger partial charge in [-0.15, -0.1) is 0 Å². The molecule has 1 aromatic carbocycles. The summed E-state index contributed by atoms with van der Waals surface area (Å²) in [4.78, 5) is 9.70. The second-order valence-corrected chi connectivity index (χ2v) is 7.15. The normalized spacial score (nSPS) is 16.0. The third-order valence-electron chi connectivity index (χ3n) is 4.40. The summed E-state index contributed by atoms with van der Waals surface area (Å²) in [5.74, 6) is 0.397. The lowest BCUT2D eigenvalue weighted by Crippen LogP contribution is -2.37. The highest BCUT2D eigenvalue weighted by Gasteiger charge is 2.37. The fraction of sp³-hybridized carbons (Fsp3) is 0.412. The second-order valence-electron chi connectivity index (χ2n) is 6.23. The zero-order valence-corrected chi connectivity index (χ0v) is 15.5. The van der Waals surface area contributed by atoms with Gasteiger partial charge in [0.25, 0.3) is 0 Å². The zero-order chi connectivity index (χ0) is 18.7. The van der Waals surface area contributed by atoms with Crippen LogP contribution in [0.3, 0.4) is 0 Å². The summed E-state index contributed by atoms with van der Waals surface area (Å²) in [5, 5.41) is 2.96. The molecule has 0 unspecified atom stereocenters. The first-order valence-electron chi connectivity index (χ1n) is 8.28. The Morgan fingerprint density at radius 2 is 2.00 bits per heavy atom. The molecule has 2 heterocycles. The van der Waals surface area contributed by atoms with Gasteiger partial charge in [0, 0.05) is 29.4 Å². The Hall–Kier alpha value is -1.87. The van der Waals surface area contributed by atoms with Gasteiger partial charge >= 0.3 is 6.18 Å². The minimum atomic E-state index is -4.51. The third kappa shape index (κ3) is 4.45. The van der Waals surface area contributed by atoms with Crippen molar-refractivity contribution in [3.8, 4) is 0 Å². The highest BCUT2D eigenvalue weighted by molar-refractivity contribution is 9.10. The number of aromatic nitrogens is 2. The van der Waals surface area contributed by atoms with Crippen molar-refractivity contribution >= 4 is 33.4 Å². The van der Waals surface area contributed by atoms with Crippen molar-refractivity contribution in [1.29, 1.82) is 0 Å². The first-order valence-corrected chi connectivity index (χ1v) is 9.08. The van der Waals surface area contributed by atoms with Gasteiger partial charge in [0.05, 0.1) is 0 Å². The average Bonchev–Trinajstić information content (AvgIpc) is 2.61. The van der Waals surface area contributed by atoms with Crippen LogP contribution in [0.15, 0.2) is 34.9 Å². The number of nitrogens with zero attached hydrogens (tertiary/aromatic N) is 3. The molecule has 26 heavy (non-hydrogen) atoms. The van der Waals surface area contributed by atoms with Crippen molar-refractivity contribution in [3.63, 3.8) is 0 Å². The lowest BCUT2D eigenvalue weighted by atomic mass is 9.97. The minimum absolute atomic E-state index is 0.0829. The highest BCUT2D eigenvalue weighted by Crippen LogP contribution is 2.37. The molecule has 0 saturated carbocycles. The monoisotopic (exact) mass is 429 g/mol. The van der Waals surface area contributed by atoms with Crippen molar-refractivity contribution in [2.24, 2.45) is 11.7 Å². The average molecular weight is 430 g/mol. The summed E-state index contributed by atoms with van der Waals surface area (Å²) < 4.78 is 41.1. The first-order chi connectivity index (χ1) is 12.4. The summed E-state index contributed by atoms with van der Waals surface area (Å²) in [5.41, 5.74) is 5.54. The quantitative estimate of drug-likeness (QED) is 0.762. The van der Waals surface area contributed by atoms with Gasteiger partial charge in [0.1, 0.15) is 11.4 Å². The molecule has 0 amide bonds. The van der Waals surface area contributed by atoms with E-state index in [1.165, 1.54) is 0 Å². The van der Waals surface area contributed by atoms with E-state index in [2.05, 4.69) is 31.2 Å². The first kappa shape index (κ1) is 18.9. The topological polar surface area (TPSA) is 67.1 Å². The largest absolute Gasteiger partial charge is 0.421 e. The Labute approximate surface area is 157 Å². The molecule has 5 nitrogen and oxygen atoms in total. The maximum Gasteiger partial charge on any atom is 0.421 e. The summed E-state index contributed by atoms with van der Waals surface area (Å²) in [6, 6.07) is 7.26. The predicted octanol–water partition coefficient (Wildman–Crippen LogP) is 4.18. The molecule has 0 bridgehead atoms. The molecule has 3 rings (SSSR count). The lowest BCUT2D eigenvalue weighted by molar-refractivity contribution is -0.137. The molecular weight excluding hydrogens is 411 g/mol. The molecule has 0 radical (unpaired) electrons. The summed E-state index contributed by atoms with van der Waals surface area (Å²) in [6.07, 6.45) is -2.15. The number of nitrogens with two attached hydrogens (primary N) is 1. The maximum atomic E-state index is 13.4. The second kappa shape index (κ2) is 7.79. The van der Waals surface area contributed by atoms with E-state index >= 15 is 0 Å². The smallest absolute Gasteiger partial charge is 0.356 e. The van der Waals surface area contributed by atoms with E-state index in [-0.39, 0.29) is 11.8 Å². The maximum absolute atomic E-state index is 13.4. The van der Waals surface area contributed by atoms with E-state index in [1.54, 1.807) is 17.0 Å². The number of anilines is 3. The molecule has 140 valence electrons. The van der Waals surface area contributed by atoms with Gasteiger partial charge in [-0.05, 0) is 43.5 Å². The molecule has 1 aliphatic heterocycles. The van der Waals surface area contributed by atoms with Gasteiger partial charge in [-0.2, -0.15) is 18.2 Å². The minimum Gasteiger partial charge on any atom is -0.356 e. The van der Waals surface area contributed by atoms with Gasteiger partial charge in [0.15, 0.2) is 0 Å². The van der Waals surface area contributed by atoms with Crippen LogP contribution in [0.5, 0.6) is 0 Å². The standard InChI is InChI=1S/C17H19BrF3N5/c18-12-2-1-3-13(8-12)24-16-23-10-14(17(19,20)21)15(25-16)26-6-4-11(9-22)5-7-26/h1-3,8,10-11H,4-7,9,22H2,(H,23,24,25). The summed E-state index contributed by atoms with van der Waals surface area (Å²) in [7, 11) is 0. The van der Waals surface area contributed by atoms with Crippen LogP contribution in [0.4, 0.5) is 30.6 Å². The lowest BCUT2D eigenvalue weighted by Gasteiger charge is -2.33.